The standard InChI is InChI=1S/C58H48N2O2/c1-3-13-37(14-4-1)59(49-21-11-19-43-39-17-7-9-23-53(39)61-57(43)49)51-33-47(35-25-26-35)41-30-32-46-52(34-48(36-27-28-36)42-29-31-45(51)55(41)56(42)46)60(38-15-5-2-6-16-38)50-22-12-20-44-40-18-8-10-24-54(40)62-58(44)50/h1-7,9-17,19-24,29-32,35-36,43,47,52,57H,8,18,25-28,33-34H2. The second-order valence-electron chi connectivity index (χ2n) is 18.8. The normalized spacial score (nSPS) is 22.9. The lowest BCUT2D eigenvalue weighted by atomic mass is 9.75. The topological polar surface area (TPSA) is 28.9 Å². The molecule has 4 heteroatoms. The van der Waals surface area contributed by atoms with Gasteiger partial charge in [-0.25, -0.2) is 0 Å². The van der Waals surface area contributed by atoms with Crippen LogP contribution in [0.4, 0.5) is 17.1 Å². The summed E-state index contributed by atoms with van der Waals surface area (Å²) in [6, 6.07) is 48.0. The van der Waals surface area contributed by atoms with Crippen molar-refractivity contribution in [2.24, 2.45) is 11.8 Å². The van der Waals surface area contributed by atoms with E-state index in [0.29, 0.717) is 17.8 Å². The maximum Gasteiger partial charge on any atom is 0.158 e. The van der Waals surface area contributed by atoms with E-state index in [0.717, 1.165) is 48.5 Å². The van der Waals surface area contributed by atoms with Crippen LogP contribution in [-0.4, -0.2) is 6.10 Å². The first-order valence-electron chi connectivity index (χ1n) is 23.1. The van der Waals surface area contributed by atoms with Crippen LogP contribution in [0.15, 0.2) is 162 Å². The first-order valence-corrected chi connectivity index (χ1v) is 23.1. The van der Waals surface area contributed by atoms with Crippen molar-refractivity contribution < 1.29 is 9.15 Å². The molecule has 2 fully saturated rings. The smallest absolute Gasteiger partial charge is 0.158 e. The van der Waals surface area contributed by atoms with Gasteiger partial charge in [-0.1, -0.05) is 115 Å². The lowest BCUT2D eigenvalue weighted by Crippen LogP contribution is -2.39. The highest BCUT2D eigenvalue weighted by Gasteiger charge is 2.44. The highest BCUT2D eigenvalue weighted by molar-refractivity contribution is 6.00. The molecule has 4 nitrogen and oxygen atoms in total. The Bertz CT molecular complexity index is 3220. The van der Waals surface area contributed by atoms with Gasteiger partial charge in [0.1, 0.15) is 17.6 Å². The zero-order chi connectivity index (χ0) is 40.5. The number of rotatable bonds is 8. The Hall–Kier alpha value is -6.52. The highest BCUT2D eigenvalue weighted by atomic mass is 16.5. The zero-order valence-electron chi connectivity index (χ0n) is 34.8. The summed E-state index contributed by atoms with van der Waals surface area (Å²) in [6.07, 6.45) is 20.5. The highest BCUT2D eigenvalue weighted by Crippen LogP contribution is 2.55. The van der Waals surface area contributed by atoms with E-state index in [-0.39, 0.29) is 18.1 Å². The average Bonchev–Trinajstić information content (AvgIpc) is 4.28. The van der Waals surface area contributed by atoms with E-state index in [1.807, 2.05) is 0 Å². The van der Waals surface area contributed by atoms with Gasteiger partial charge in [-0.3, -0.25) is 0 Å². The van der Waals surface area contributed by atoms with Crippen molar-refractivity contribution in [3.63, 3.8) is 0 Å². The molecule has 4 unspecified atom stereocenters. The third-order valence-corrected chi connectivity index (χ3v) is 15.3. The van der Waals surface area contributed by atoms with Gasteiger partial charge in [0, 0.05) is 44.7 Å². The number of fused-ring (bicyclic) bond motifs is 6. The largest absolute Gasteiger partial charge is 0.483 e. The molecule has 0 spiro atoms. The number of allylic oxidation sites excluding steroid dienone is 3. The number of benzene rings is 6. The van der Waals surface area contributed by atoms with E-state index in [1.165, 1.54) is 91.7 Å². The molecule has 2 saturated carbocycles. The van der Waals surface area contributed by atoms with Crippen molar-refractivity contribution in [3.05, 3.63) is 196 Å². The van der Waals surface area contributed by atoms with Crippen molar-refractivity contribution in [1.82, 2.24) is 0 Å². The molecule has 1 aromatic heterocycles. The molecule has 7 aromatic rings. The quantitative estimate of drug-likeness (QED) is 0.153. The lowest BCUT2D eigenvalue weighted by Gasteiger charge is -2.40. The number of para-hydroxylation sites is 4. The van der Waals surface area contributed by atoms with E-state index in [9.17, 15) is 0 Å². The third-order valence-electron chi connectivity index (χ3n) is 15.3. The molecule has 4 atom stereocenters. The van der Waals surface area contributed by atoms with Gasteiger partial charge in [-0.05, 0) is 145 Å². The number of hydrogen-bond acceptors (Lipinski definition) is 4. The van der Waals surface area contributed by atoms with Crippen LogP contribution >= 0.6 is 0 Å². The molecule has 0 bridgehead atoms. The number of anilines is 3. The Balaban J connectivity index is 1.03. The number of ether oxygens (including phenoxy) is 1. The van der Waals surface area contributed by atoms with Crippen molar-refractivity contribution >= 4 is 56.2 Å². The Morgan fingerprint density at radius 3 is 2.26 bits per heavy atom. The summed E-state index contributed by atoms with van der Waals surface area (Å²) in [4.78, 5) is 5.26. The fourth-order valence-electron chi connectivity index (χ4n) is 12.2. The Labute approximate surface area is 362 Å². The third kappa shape index (κ3) is 5.25. The Kier molecular flexibility index (Phi) is 7.64. The molecular weight excluding hydrogens is 757 g/mol. The number of hydrogen-bond donors (Lipinski definition) is 0. The molecule has 0 saturated heterocycles. The average molecular weight is 805 g/mol. The predicted octanol–water partition coefficient (Wildman–Crippen LogP) is 12.9. The van der Waals surface area contributed by atoms with E-state index >= 15 is 0 Å². The van der Waals surface area contributed by atoms with Gasteiger partial charge in [0.05, 0.1) is 17.4 Å². The van der Waals surface area contributed by atoms with Crippen molar-refractivity contribution in [2.45, 2.75) is 75.3 Å². The van der Waals surface area contributed by atoms with Crippen molar-refractivity contribution in [1.29, 1.82) is 0 Å². The van der Waals surface area contributed by atoms with E-state index in [4.69, 9.17) is 9.15 Å². The van der Waals surface area contributed by atoms with Crippen LogP contribution in [-0.2, 0) is 6.42 Å². The molecule has 14 rings (SSSR count). The molecule has 2 heterocycles. The Morgan fingerprint density at radius 1 is 0.645 bits per heavy atom. The maximum absolute atomic E-state index is 6.94. The predicted molar refractivity (Wildman–Crippen MR) is 252 cm³/mol. The SMILES string of the molecule is C1=CC2c3ccccc3OC2C(N(C2=c3ccc4c5c(ccc(c35)C(C3CC3)C2)C(N(c2ccccc2)c2cccc3c5c(oc23)C=CCC5)CC=4C2CC2)c2ccccc2)=C1. The minimum atomic E-state index is -0.102. The molecular formula is C58H48N2O2. The van der Waals surface area contributed by atoms with Crippen LogP contribution in [0.3, 0.4) is 0 Å². The zero-order valence-corrected chi connectivity index (χ0v) is 34.8. The minimum Gasteiger partial charge on any atom is -0.483 e. The summed E-state index contributed by atoms with van der Waals surface area (Å²) in [5.41, 5.74) is 14.4. The van der Waals surface area contributed by atoms with E-state index < -0.39 is 0 Å². The van der Waals surface area contributed by atoms with Crippen LogP contribution in [0.1, 0.15) is 90.8 Å². The van der Waals surface area contributed by atoms with Gasteiger partial charge in [0.2, 0.25) is 0 Å². The number of aryl methyl sites for hydroxylation is 1. The molecule has 6 aromatic carbocycles. The van der Waals surface area contributed by atoms with Crippen LogP contribution in [0.25, 0.3) is 39.1 Å². The monoisotopic (exact) mass is 804 g/mol. The fourth-order valence-corrected chi connectivity index (χ4v) is 12.2. The van der Waals surface area contributed by atoms with E-state index in [1.54, 1.807) is 11.1 Å². The van der Waals surface area contributed by atoms with Crippen molar-refractivity contribution in [2.75, 3.05) is 9.80 Å². The summed E-state index contributed by atoms with van der Waals surface area (Å²) in [5.74, 6) is 3.96. The summed E-state index contributed by atoms with van der Waals surface area (Å²) in [5, 5.41) is 7.06. The summed E-state index contributed by atoms with van der Waals surface area (Å²) >= 11 is 0. The van der Waals surface area contributed by atoms with Gasteiger partial charge < -0.3 is 19.0 Å². The van der Waals surface area contributed by atoms with Crippen LogP contribution < -0.4 is 25.0 Å². The molecule has 302 valence electrons. The van der Waals surface area contributed by atoms with Crippen LogP contribution in [0.2, 0.25) is 0 Å². The molecule has 1 aliphatic heterocycles. The van der Waals surface area contributed by atoms with Gasteiger partial charge in [-0.15, -0.1) is 0 Å². The molecule has 62 heavy (non-hydrogen) atoms. The van der Waals surface area contributed by atoms with Crippen molar-refractivity contribution in [3.8, 4) is 5.75 Å². The summed E-state index contributed by atoms with van der Waals surface area (Å²) in [7, 11) is 0. The summed E-state index contributed by atoms with van der Waals surface area (Å²) in [6.45, 7) is 0. The first kappa shape index (κ1) is 35.1. The van der Waals surface area contributed by atoms with Gasteiger partial charge in [0.25, 0.3) is 0 Å². The Morgan fingerprint density at radius 2 is 1.42 bits per heavy atom. The van der Waals surface area contributed by atoms with Gasteiger partial charge >= 0.3 is 0 Å². The lowest BCUT2D eigenvalue weighted by molar-refractivity contribution is 0.253. The number of furan rings is 1. The van der Waals surface area contributed by atoms with E-state index in [2.05, 4.69) is 168 Å². The van der Waals surface area contributed by atoms with Gasteiger partial charge in [0.15, 0.2) is 5.58 Å². The first-order chi connectivity index (χ1) is 30.8. The minimum absolute atomic E-state index is 0.0976. The molecule has 0 radical (unpaired) electrons. The number of nitrogens with zero attached hydrogens (tertiary/aromatic N) is 2. The maximum atomic E-state index is 6.94. The molecule has 7 aliphatic rings. The summed E-state index contributed by atoms with van der Waals surface area (Å²) < 4.78 is 13.8. The molecule has 0 amide bonds. The second kappa shape index (κ2) is 13.5. The fraction of sp³-hybridized carbons (Fsp3) is 0.241. The van der Waals surface area contributed by atoms with Crippen LogP contribution in [0.5, 0.6) is 5.75 Å². The molecule has 0 N–H and O–H groups in total. The van der Waals surface area contributed by atoms with Crippen LogP contribution in [0, 0.1) is 11.8 Å². The molecule has 6 aliphatic carbocycles. The van der Waals surface area contributed by atoms with Gasteiger partial charge in [-0.2, -0.15) is 0 Å². The second-order valence-corrected chi connectivity index (χ2v) is 18.8.